The second-order valence-electron chi connectivity index (χ2n) is 15.9. The van der Waals surface area contributed by atoms with Crippen LogP contribution in [0.3, 0.4) is 0 Å². The molecule has 7 heteroatoms. The van der Waals surface area contributed by atoms with Crippen molar-refractivity contribution < 1.29 is 26.7 Å². The fourth-order valence-corrected chi connectivity index (χ4v) is 7.82. The Morgan fingerprint density at radius 2 is 1.26 bits per heavy atom. The van der Waals surface area contributed by atoms with E-state index in [2.05, 4.69) is 46.1 Å². The van der Waals surface area contributed by atoms with Crippen molar-refractivity contribution in [2.24, 2.45) is 0 Å². The zero-order valence-electron chi connectivity index (χ0n) is 30.5. The number of nitrogens with zero attached hydrogens (tertiary/aromatic N) is 3. The quantitative estimate of drug-likeness (QED) is 0.132. The Morgan fingerprint density at radius 1 is 0.566 bits per heavy atom. The molecular weight excluding hydrogens is 671 g/mol. The van der Waals surface area contributed by atoms with Gasteiger partial charge >= 0.3 is 5.66 Å². The van der Waals surface area contributed by atoms with Crippen LogP contribution in [0.5, 0.6) is 0 Å². The summed E-state index contributed by atoms with van der Waals surface area (Å²) >= 11 is 0. The number of halogens is 4. The van der Waals surface area contributed by atoms with E-state index in [1.54, 1.807) is 6.20 Å². The van der Waals surface area contributed by atoms with Crippen LogP contribution in [0.4, 0.5) is 17.6 Å². The molecule has 4 aromatic carbocycles. The molecule has 8 rings (SSSR count). The van der Waals surface area contributed by atoms with Crippen LogP contribution in [0.1, 0.15) is 63.8 Å². The number of fused-ring (bicyclic) bond motifs is 5. The van der Waals surface area contributed by atoms with Crippen LogP contribution in [0, 0.1) is 23.3 Å². The van der Waals surface area contributed by atoms with E-state index in [1.165, 1.54) is 18.2 Å². The molecule has 0 bridgehead atoms. The number of hydrogen-bond donors (Lipinski definition) is 0. The maximum Gasteiger partial charge on any atom is 0.418 e. The Labute approximate surface area is 306 Å². The lowest BCUT2D eigenvalue weighted by Gasteiger charge is -2.27. The summed E-state index contributed by atoms with van der Waals surface area (Å²) in [5.74, 6) is -3.04. The summed E-state index contributed by atoms with van der Waals surface area (Å²) in [4.78, 5) is 4.71. The van der Waals surface area contributed by atoms with Crippen molar-refractivity contribution in [2.45, 2.75) is 58.0 Å². The highest BCUT2D eigenvalue weighted by atomic mass is 19.1. The first-order chi connectivity index (χ1) is 25.2. The van der Waals surface area contributed by atoms with E-state index in [0.29, 0.717) is 17.0 Å². The lowest BCUT2D eigenvalue weighted by atomic mass is 9.82. The number of aromatic nitrogens is 3. The van der Waals surface area contributed by atoms with E-state index >= 15 is 13.2 Å². The minimum absolute atomic E-state index is 0.110. The van der Waals surface area contributed by atoms with Gasteiger partial charge in [0.2, 0.25) is 16.9 Å². The van der Waals surface area contributed by atoms with Crippen molar-refractivity contribution >= 4 is 10.9 Å². The average molecular weight is 710 g/mol. The van der Waals surface area contributed by atoms with Crippen LogP contribution in [-0.4, -0.2) is 4.98 Å². The average Bonchev–Trinajstić information content (AvgIpc) is 3.42. The minimum atomic E-state index is -1.57. The predicted molar refractivity (Wildman–Crippen MR) is 200 cm³/mol. The molecule has 0 spiro atoms. The largest absolute Gasteiger partial charge is 0.418 e. The van der Waals surface area contributed by atoms with E-state index in [4.69, 9.17) is 4.98 Å². The lowest BCUT2D eigenvalue weighted by molar-refractivity contribution is -0.948. The van der Waals surface area contributed by atoms with Crippen molar-refractivity contribution in [1.82, 2.24) is 4.98 Å². The lowest BCUT2D eigenvalue weighted by Crippen LogP contribution is -2.74. The van der Waals surface area contributed by atoms with E-state index in [1.807, 2.05) is 95.7 Å². The summed E-state index contributed by atoms with van der Waals surface area (Å²) in [6.07, 6.45) is 3.52. The van der Waals surface area contributed by atoms with Gasteiger partial charge < -0.3 is 0 Å². The molecule has 1 unspecified atom stereocenters. The number of hydrogen-bond acceptors (Lipinski definition) is 1. The zero-order chi connectivity index (χ0) is 37.4. The Kier molecular flexibility index (Phi) is 7.91. The highest BCUT2D eigenvalue weighted by Gasteiger charge is 2.64. The Morgan fingerprint density at radius 3 is 2.02 bits per heavy atom. The van der Waals surface area contributed by atoms with Crippen LogP contribution < -0.4 is 9.13 Å². The fraction of sp³-hybridized carbons (Fsp3) is 0.196. The van der Waals surface area contributed by atoms with Gasteiger partial charge in [0.1, 0.15) is 34.4 Å². The van der Waals surface area contributed by atoms with Gasteiger partial charge in [-0.2, -0.15) is 0 Å². The van der Waals surface area contributed by atoms with Crippen molar-refractivity contribution in [3.8, 4) is 33.8 Å². The van der Waals surface area contributed by atoms with Crippen molar-refractivity contribution in [2.75, 3.05) is 0 Å². The third-order valence-corrected chi connectivity index (χ3v) is 10.4. The molecule has 3 aromatic heterocycles. The van der Waals surface area contributed by atoms with Gasteiger partial charge in [0.15, 0.2) is 6.20 Å². The third-order valence-electron chi connectivity index (χ3n) is 10.4. The summed E-state index contributed by atoms with van der Waals surface area (Å²) in [6.45, 7) is 12.4. The van der Waals surface area contributed by atoms with Crippen LogP contribution >= 0.6 is 0 Å². The molecule has 4 heterocycles. The van der Waals surface area contributed by atoms with Crippen LogP contribution in [0.2, 0.25) is 0 Å². The Balaban J connectivity index is 1.64. The second-order valence-corrected chi connectivity index (χ2v) is 15.9. The Hall–Kier alpha value is -5.69. The molecule has 0 radical (unpaired) electrons. The minimum Gasteiger partial charge on any atom is -0.256 e. The second kappa shape index (κ2) is 12.2. The predicted octanol–water partition coefficient (Wildman–Crippen LogP) is 10.6. The maximum absolute atomic E-state index is 17.0. The van der Waals surface area contributed by atoms with Gasteiger partial charge in [-0.25, -0.2) is 17.6 Å². The first kappa shape index (κ1) is 34.4. The molecule has 1 atom stereocenters. The van der Waals surface area contributed by atoms with Gasteiger partial charge in [-0.3, -0.25) is 4.98 Å². The smallest absolute Gasteiger partial charge is 0.256 e. The number of pyridine rings is 3. The molecule has 0 aliphatic carbocycles. The maximum atomic E-state index is 17.0. The van der Waals surface area contributed by atoms with Crippen molar-refractivity contribution in [1.29, 1.82) is 0 Å². The normalized spacial score (nSPS) is 15.4. The van der Waals surface area contributed by atoms with Crippen molar-refractivity contribution in [3.05, 3.63) is 173 Å². The highest BCUT2D eigenvalue weighted by molar-refractivity contribution is 5.81. The van der Waals surface area contributed by atoms with Gasteiger partial charge in [0.05, 0.1) is 22.4 Å². The number of para-hydroxylation sites is 1. The van der Waals surface area contributed by atoms with Gasteiger partial charge in [-0.1, -0.05) is 65.8 Å². The highest BCUT2D eigenvalue weighted by Crippen LogP contribution is 2.46. The van der Waals surface area contributed by atoms with Crippen molar-refractivity contribution in [3.63, 3.8) is 0 Å². The fourth-order valence-electron chi connectivity index (χ4n) is 7.82. The molecule has 0 amide bonds. The molecule has 3 nitrogen and oxygen atoms in total. The molecule has 0 saturated carbocycles. The molecule has 264 valence electrons. The summed E-state index contributed by atoms with van der Waals surface area (Å²) in [5, 5.41) is 0.890. The molecule has 0 saturated heterocycles. The molecule has 0 N–H and O–H groups in total. The number of rotatable bonds is 4. The topological polar surface area (TPSA) is 20.6 Å². The van der Waals surface area contributed by atoms with Crippen LogP contribution in [0.25, 0.3) is 44.7 Å². The van der Waals surface area contributed by atoms with Gasteiger partial charge in [0, 0.05) is 48.0 Å². The SMILES string of the molecule is CC(C)(C)c1ccnc(-c2c(F)cc(F)cc2C2([n+]3ccc(C(C)(C)C)cc3-c3ccc(F)cc3F)c3ccccc3-c3ccc4ccccc4[n+]32)c1. The molecule has 0 fully saturated rings. The summed E-state index contributed by atoms with van der Waals surface area (Å²) in [5.41, 5.74) is 3.94. The molecule has 53 heavy (non-hydrogen) atoms. The van der Waals surface area contributed by atoms with E-state index in [9.17, 15) is 4.39 Å². The van der Waals surface area contributed by atoms with E-state index in [0.717, 1.165) is 45.4 Å². The molecule has 1 aliphatic rings. The van der Waals surface area contributed by atoms with Crippen LogP contribution in [-0.2, 0) is 16.5 Å². The molecule has 1 aliphatic heterocycles. The van der Waals surface area contributed by atoms with E-state index < -0.39 is 28.9 Å². The van der Waals surface area contributed by atoms with Crippen LogP contribution in [0.15, 0.2) is 128 Å². The number of benzene rings is 4. The van der Waals surface area contributed by atoms with Gasteiger partial charge in [-0.05, 0) is 76.6 Å². The summed E-state index contributed by atoms with van der Waals surface area (Å²) in [6, 6.07) is 33.1. The first-order valence-corrected chi connectivity index (χ1v) is 17.7. The zero-order valence-corrected chi connectivity index (χ0v) is 30.5. The van der Waals surface area contributed by atoms with Gasteiger partial charge in [0.25, 0.3) is 0 Å². The monoisotopic (exact) mass is 709 g/mol. The van der Waals surface area contributed by atoms with E-state index in [-0.39, 0.29) is 27.5 Å². The molecular formula is C46H39F4N3+2. The molecule has 7 aromatic rings. The summed E-state index contributed by atoms with van der Waals surface area (Å²) < 4.78 is 67.9. The third kappa shape index (κ3) is 5.44. The standard InChI is InChI=1S/C46H39F4N3/c1-44(2,3)29-19-21-51-39(23-29)43-36(25-32(48)27-38(43)50)46(35-13-9-8-12-33(35)41-18-15-28-11-7-10-14-40(28)53(41)46)52-22-20-30(45(4,5)6)24-42(52)34-17-16-31(47)26-37(34)49/h7-27H,1-6H3/q+2. The Bertz CT molecular complexity index is 2600. The first-order valence-electron chi connectivity index (χ1n) is 17.7. The summed E-state index contributed by atoms with van der Waals surface area (Å²) in [7, 11) is 0. The van der Waals surface area contributed by atoms with Gasteiger partial charge in [-0.15, -0.1) is 9.13 Å².